The molecule has 2 aromatic rings. The smallest absolute Gasteiger partial charge is 0.208 e. The number of hydrogen-bond acceptors (Lipinski definition) is 4. The monoisotopic (exact) mass is 327 g/mol. The van der Waals surface area contributed by atoms with Crippen molar-refractivity contribution in [3.8, 4) is 17.2 Å². The second-order valence-electron chi connectivity index (χ2n) is 7.06. The summed E-state index contributed by atoms with van der Waals surface area (Å²) in [5.41, 5.74) is 7.56. The van der Waals surface area contributed by atoms with E-state index < -0.39 is 5.79 Å². The third-order valence-electron chi connectivity index (χ3n) is 4.34. The Kier molecular flexibility index (Phi) is 4.18. The molecule has 4 nitrogen and oxygen atoms in total. The number of nitrogen functional groups attached to an aromatic ring is 1. The van der Waals surface area contributed by atoms with Gasteiger partial charge in [-0.15, -0.1) is 0 Å². The summed E-state index contributed by atoms with van der Waals surface area (Å²) in [6.45, 7) is 9.02. The standard InChI is InChI=1S/C20H25NO3/c1-5-22-20(4)13-19(2,3)17-11-10-16(12-18(17)24-20)23-15-8-6-14(21)7-9-15/h6-12H,5,13,21H2,1-4H3. The van der Waals surface area contributed by atoms with E-state index in [0.29, 0.717) is 12.3 Å². The normalized spacial score (nSPS) is 21.7. The van der Waals surface area contributed by atoms with Gasteiger partial charge in [0, 0.05) is 37.3 Å². The largest absolute Gasteiger partial charge is 0.462 e. The molecule has 1 aliphatic heterocycles. The fourth-order valence-corrected chi connectivity index (χ4v) is 3.43. The zero-order valence-corrected chi connectivity index (χ0v) is 14.8. The van der Waals surface area contributed by atoms with Gasteiger partial charge in [-0.3, -0.25) is 0 Å². The first-order valence-electron chi connectivity index (χ1n) is 8.32. The van der Waals surface area contributed by atoms with E-state index in [2.05, 4.69) is 19.9 Å². The third-order valence-corrected chi connectivity index (χ3v) is 4.34. The maximum absolute atomic E-state index is 6.17. The summed E-state index contributed by atoms with van der Waals surface area (Å²) in [4.78, 5) is 0. The summed E-state index contributed by atoms with van der Waals surface area (Å²) < 4.78 is 17.9. The van der Waals surface area contributed by atoms with E-state index in [9.17, 15) is 0 Å². The average Bonchev–Trinajstić information content (AvgIpc) is 2.48. The lowest BCUT2D eigenvalue weighted by molar-refractivity contribution is -0.188. The molecule has 3 rings (SSSR count). The number of nitrogens with two attached hydrogens (primary N) is 1. The Morgan fingerprint density at radius 2 is 1.71 bits per heavy atom. The molecular formula is C20H25NO3. The molecule has 128 valence electrons. The molecule has 0 bridgehead atoms. The topological polar surface area (TPSA) is 53.7 Å². The molecule has 4 heteroatoms. The lowest BCUT2D eigenvalue weighted by atomic mass is 9.76. The van der Waals surface area contributed by atoms with Crippen LogP contribution in [-0.4, -0.2) is 12.4 Å². The van der Waals surface area contributed by atoms with Gasteiger partial charge in [0.05, 0.1) is 0 Å². The van der Waals surface area contributed by atoms with Gasteiger partial charge in [0.1, 0.15) is 17.2 Å². The van der Waals surface area contributed by atoms with Crippen molar-refractivity contribution in [2.24, 2.45) is 0 Å². The van der Waals surface area contributed by atoms with Gasteiger partial charge in [0.15, 0.2) is 0 Å². The van der Waals surface area contributed by atoms with E-state index in [1.165, 1.54) is 5.56 Å². The van der Waals surface area contributed by atoms with Crippen LogP contribution in [0.3, 0.4) is 0 Å². The highest BCUT2D eigenvalue weighted by molar-refractivity contribution is 5.48. The number of hydrogen-bond donors (Lipinski definition) is 1. The van der Waals surface area contributed by atoms with Crippen molar-refractivity contribution in [2.45, 2.75) is 45.3 Å². The van der Waals surface area contributed by atoms with E-state index in [1.807, 2.05) is 50.2 Å². The Bertz CT molecular complexity index is 724. The first-order valence-corrected chi connectivity index (χ1v) is 8.32. The Labute approximate surface area is 143 Å². The SMILES string of the molecule is CCOC1(C)CC(C)(C)c2ccc(Oc3ccc(N)cc3)cc2O1. The van der Waals surface area contributed by atoms with Gasteiger partial charge < -0.3 is 19.9 Å². The minimum atomic E-state index is -0.620. The summed E-state index contributed by atoms with van der Waals surface area (Å²) in [7, 11) is 0. The van der Waals surface area contributed by atoms with Crippen molar-refractivity contribution < 1.29 is 14.2 Å². The first-order chi connectivity index (χ1) is 11.3. The molecule has 1 atom stereocenters. The molecule has 0 spiro atoms. The predicted octanol–water partition coefficient (Wildman–Crippen LogP) is 4.87. The van der Waals surface area contributed by atoms with E-state index in [0.717, 1.165) is 23.7 Å². The minimum Gasteiger partial charge on any atom is -0.462 e. The second kappa shape index (κ2) is 6.02. The molecule has 0 saturated carbocycles. The van der Waals surface area contributed by atoms with Crippen LogP contribution in [0.4, 0.5) is 5.69 Å². The molecule has 0 radical (unpaired) electrons. The van der Waals surface area contributed by atoms with Gasteiger partial charge in [-0.1, -0.05) is 19.9 Å². The zero-order chi connectivity index (χ0) is 17.4. The van der Waals surface area contributed by atoms with Gasteiger partial charge in [-0.25, -0.2) is 0 Å². The highest BCUT2D eigenvalue weighted by Gasteiger charge is 2.42. The van der Waals surface area contributed by atoms with Crippen molar-refractivity contribution in [2.75, 3.05) is 12.3 Å². The summed E-state index contributed by atoms with van der Waals surface area (Å²) in [6.07, 6.45) is 0.805. The Balaban J connectivity index is 1.90. The van der Waals surface area contributed by atoms with Crippen molar-refractivity contribution in [3.63, 3.8) is 0 Å². The number of anilines is 1. The van der Waals surface area contributed by atoms with Crippen LogP contribution in [0.2, 0.25) is 0 Å². The van der Waals surface area contributed by atoms with Crippen LogP contribution >= 0.6 is 0 Å². The number of ether oxygens (including phenoxy) is 3. The van der Waals surface area contributed by atoms with Crippen LogP contribution in [0.25, 0.3) is 0 Å². The number of fused-ring (bicyclic) bond motifs is 1. The molecule has 0 aromatic heterocycles. The predicted molar refractivity (Wildman–Crippen MR) is 95.7 cm³/mol. The molecule has 0 aliphatic carbocycles. The van der Waals surface area contributed by atoms with Crippen LogP contribution in [-0.2, 0) is 10.2 Å². The third kappa shape index (κ3) is 3.34. The van der Waals surface area contributed by atoms with E-state index in [1.54, 1.807) is 0 Å². The van der Waals surface area contributed by atoms with Crippen molar-refractivity contribution in [1.29, 1.82) is 0 Å². The van der Waals surface area contributed by atoms with Gasteiger partial charge in [-0.05, 0) is 42.7 Å². The molecular weight excluding hydrogens is 302 g/mol. The van der Waals surface area contributed by atoms with Crippen LogP contribution in [0.5, 0.6) is 17.2 Å². The van der Waals surface area contributed by atoms with E-state index in [4.69, 9.17) is 19.9 Å². The molecule has 1 heterocycles. The fraction of sp³-hybridized carbons (Fsp3) is 0.400. The van der Waals surface area contributed by atoms with Crippen molar-refractivity contribution in [1.82, 2.24) is 0 Å². The summed E-state index contributed by atoms with van der Waals surface area (Å²) in [5.74, 6) is 1.67. The molecule has 24 heavy (non-hydrogen) atoms. The van der Waals surface area contributed by atoms with Gasteiger partial charge in [-0.2, -0.15) is 0 Å². The Hall–Kier alpha value is -2.20. The molecule has 1 aliphatic rings. The summed E-state index contributed by atoms with van der Waals surface area (Å²) in [6, 6.07) is 13.3. The molecule has 2 N–H and O–H groups in total. The summed E-state index contributed by atoms with van der Waals surface area (Å²) >= 11 is 0. The lowest BCUT2D eigenvalue weighted by Crippen LogP contribution is -2.45. The molecule has 0 fully saturated rings. The van der Waals surface area contributed by atoms with Crippen LogP contribution in [0, 0.1) is 0 Å². The van der Waals surface area contributed by atoms with Crippen molar-refractivity contribution >= 4 is 5.69 Å². The van der Waals surface area contributed by atoms with E-state index >= 15 is 0 Å². The highest BCUT2D eigenvalue weighted by Crippen LogP contribution is 2.46. The zero-order valence-electron chi connectivity index (χ0n) is 14.8. The Morgan fingerprint density at radius 3 is 2.38 bits per heavy atom. The second-order valence-corrected chi connectivity index (χ2v) is 7.06. The van der Waals surface area contributed by atoms with Crippen LogP contribution in [0.15, 0.2) is 42.5 Å². The summed E-state index contributed by atoms with van der Waals surface area (Å²) in [5, 5.41) is 0. The molecule has 0 amide bonds. The van der Waals surface area contributed by atoms with Gasteiger partial charge in [0.2, 0.25) is 5.79 Å². The quantitative estimate of drug-likeness (QED) is 0.814. The van der Waals surface area contributed by atoms with Crippen LogP contribution in [0.1, 0.15) is 39.7 Å². The first kappa shape index (κ1) is 16.7. The molecule has 2 aromatic carbocycles. The van der Waals surface area contributed by atoms with Crippen molar-refractivity contribution in [3.05, 3.63) is 48.0 Å². The number of rotatable bonds is 4. The van der Waals surface area contributed by atoms with E-state index in [-0.39, 0.29) is 5.41 Å². The maximum Gasteiger partial charge on any atom is 0.208 e. The molecule has 0 saturated heterocycles. The minimum absolute atomic E-state index is 0.0305. The fourth-order valence-electron chi connectivity index (χ4n) is 3.43. The van der Waals surface area contributed by atoms with Gasteiger partial charge >= 0.3 is 0 Å². The number of benzene rings is 2. The molecule has 1 unspecified atom stereocenters. The van der Waals surface area contributed by atoms with Crippen LogP contribution < -0.4 is 15.2 Å². The lowest BCUT2D eigenvalue weighted by Gasteiger charge is -2.43. The average molecular weight is 327 g/mol. The maximum atomic E-state index is 6.17. The highest BCUT2D eigenvalue weighted by atomic mass is 16.7. The Morgan fingerprint density at radius 1 is 1.04 bits per heavy atom. The van der Waals surface area contributed by atoms with Gasteiger partial charge in [0.25, 0.3) is 0 Å².